The van der Waals surface area contributed by atoms with E-state index in [1.165, 1.54) is 133 Å². The monoisotopic (exact) mass is 620 g/mol. The van der Waals surface area contributed by atoms with Crippen LogP contribution in [0.1, 0.15) is 210 Å². The molecule has 3 aliphatic heterocycles. The minimum absolute atomic E-state index is 0.369. The molecule has 0 saturated heterocycles. The number of fused-ring (bicyclic) bond motifs is 21. The molecule has 6 atom stereocenters. The Kier molecular flexibility index (Phi) is 8.02. The second-order valence-corrected chi connectivity index (χ2v) is 15.7. The molecule has 0 radical (unpaired) electrons. The van der Waals surface area contributed by atoms with Gasteiger partial charge in [-0.25, -0.2) is 29.9 Å². The van der Waals surface area contributed by atoms with E-state index in [1.54, 1.807) is 0 Å². The summed E-state index contributed by atoms with van der Waals surface area (Å²) in [6.07, 6.45) is 26.8. The zero-order chi connectivity index (χ0) is 30.5. The first kappa shape index (κ1) is 29.3. The lowest BCUT2D eigenvalue weighted by atomic mass is 9.82. The maximum atomic E-state index is 5.50. The van der Waals surface area contributed by atoms with Crippen LogP contribution in [0.2, 0.25) is 0 Å². The molecule has 0 amide bonds. The first-order valence-corrected chi connectivity index (χ1v) is 19.3. The van der Waals surface area contributed by atoms with E-state index in [1.807, 2.05) is 0 Å². The van der Waals surface area contributed by atoms with Gasteiger partial charge in [0.15, 0.2) is 0 Å². The van der Waals surface area contributed by atoms with E-state index in [9.17, 15) is 0 Å². The Balaban J connectivity index is 1.34. The van der Waals surface area contributed by atoms with Gasteiger partial charge in [0.05, 0.1) is 0 Å². The highest BCUT2D eigenvalue weighted by molar-refractivity contribution is 5.66. The number of rotatable bonds is 0. The van der Waals surface area contributed by atoms with E-state index in [-0.39, 0.29) is 0 Å². The van der Waals surface area contributed by atoms with Crippen LogP contribution < -0.4 is 0 Å². The van der Waals surface area contributed by atoms with E-state index in [0.717, 1.165) is 65.5 Å². The van der Waals surface area contributed by atoms with Crippen molar-refractivity contribution in [2.24, 2.45) is 0 Å². The summed E-state index contributed by atoms with van der Waals surface area (Å²) in [5.41, 5.74) is 4.80. The van der Waals surface area contributed by atoms with Gasteiger partial charge < -0.3 is 9.97 Å². The molecule has 8 heteroatoms. The van der Waals surface area contributed by atoms with Crippen molar-refractivity contribution in [3.63, 3.8) is 0 Å². The normalized spacial score (nSPS) is 30.9. The van der Waals surface area contributed by atoms with Crippen LogP contribution in [-0.4, -0.2) is 39.9 Å². The Morgan fingerprint density at radius 2 is 0.804 bits per heavy atom. The summed E-state index contributed by atoms with van der Waals surface area (Å²) in [5, 5.41) is 0. The van der Waals surface area contributed by atoms with Crippen LogP contribution in [0.4, 0.5) is 0 Å². The number of aromatic nitrogens is 8. The maximum Gasteiger partial charge on any atom is 0.137 e. The van der Waals surface area contributed by atoms with Crippen molar-refractivity contribution in [2.45, 2.75) is 177 Å². The molecule has 0 aromatic carbocycles. The number of hydrogen-bond acceptors (Lipinski definition) is 6. The topological polar surface area (TPSA) is 109 Å². The second-order valence-electron chi connectivity index (χ2n) is 15.7. The third-order valence-electron chi connectivity index (χ3n) is 12.7. The van der Waals surface area contributed by atoms with Gasteiger partial charge in [0.2, 0.25) is 0 Å². The molecule has 3 fully saturated rings. The molecule has 7 aliphatic rings. The standard InChI is InChI=1S/C38H52N8/c1-2-7-17-27-25(16-6-1)33-40-31-23-14-12-13-15-24(22-23)32(39-31)41-34-26-20-10-5-11-21-30(26)36(43-34)45-38-29-19-9-4-3-8-18-28(29)37(46-38)44-35(27)42-33/h23-24,26,28-30,42H,1-22H2,(H,39,40,41,43,44,45,46). The number of nitrogens with zero attached hydrogens (tertiary/aromatic N) is 6. The summed E-state index contributed by atoms with van der Waals surface area (Å²) in [6, 6.07) is 0. The smallest absolute Gasteiger partial charge is 0.137 e. The summed E-state index contributed by atoms with van der Waals surface area (Å²) in [7, 11) is 0. The van der Waals surface area contributed by atoms with Gasteiger partial charge >= 0.3 is 0 Å². The van der Waals surface area contributed by atoms with Crippen molar-refractivity contribution in [2.75, 3.05) is 0 Å². The van der Waals surface area contributed by atoms with Crippen molar-refractivity contribution in [3.8, 4) is 0 Å². The van der Waals surface area contributed by atoms with Gasteiger partial charge in [-0.05, 0) is 70.6 Å². The third-order valence-corrected chi connectivity index (χ3v) is 12.7. The minimum atomic E-state index is 0.369. The van der Waals surface area contributed by atoms with E-state index < -0.39 is 0 Å². The summed E-state index contributed by atoms with van der Waals surface area (Å²) in [6.45, 7) is 0. The zero-order valence-corrected chi connectivity index (χ0v) is 27.7. The highest BCUT2D eigenvalue weighted by atomic mass is 15.1. The van der Waals surface area contributed by atoms with Crippen molar-refractivity contribution in [3.05, 3.63) is 46.1 Å². The first-order valence-electron chi connectivity index (χ1n) is 19.3. The lowest BCUT2D eigenvalue weighted by Crippen LogP contribution is -2.17. The minimum Gasteiger partial charge on any atom is -0.331 e. The largest absolute Gasteiger partial charge is 0.331 e. The molecule has 4 aliphatic carbocycles. The molecule has 46 heavy (non-hydrogen) atoms. The Hall–Kier alpha value is -2.90. The summed E-state index contributed by atoms with van der Waals surface area (Å²) >= 11 is 0. The van der Waals surface area contributed by atoms with Crippen LogP contribution in [0.5, 0.6) is 0 Å². The molecular formula is C38H52N8. The fraction of sp³-hybridized carbons (Fsp3) is 0.737. The van der Waals surface area contributed by atoms with E-state index >= 15 is 0 Å². The molecule has 244 valence electrons. The van der Waals surface area contributed by atoms with Crippen LogP contribution in [0.25, 0.3) is 11.3 Å². The quantitative estimate of drug-likeness (QED) is 0.304. The van der Waals surface area contributed by atoms with Gasteiger partial charge in [-0.2, -0.15) is 0 Å². The van der Waals surface area contributed by atoms with Crippen LogP contribution in [-0.2, 0) is 12.8 Å². The Morgan fingerprint density at radius 3 is 1.41 bits per heavy atom. The maximum absolute atomic E-state index is 5.50. The molecule has 5 heterocycles. The van der Waals surface area contributed by atoms with E-state index in [4.69, 9.17) is 29.9 Å². The van der Waals surface area contributed by atoms with Gasteiger partial charge in [-0.15, -0.1) is 0 Å². The Labute approximate surface area is 273 Å². The molecule has 2 aromatic rings. The first-order chi connectivity index (χ1) is 22.8. The lowest BCUT2D eigenvalue weighted by molar-refractivity contribution is 0.407. The fourth-order valence-electron chi connectivity index (χ4n) is 10.2. The highest BCUT2D eigenvalue weighted by Gasteiger charge is 2.39. The van der Waals surface area contributed by atoms with E-state index in [2.05, 4.69) is 9.97 Å². The average Bonchev–Trinajstić information content (AvgIpc) is 3.42. The predicted octanol–water partition coefficient (Wildman–Crippen LogP) is 9.16. The summed E-state index contributed by atoms with van der Waals surface area (Å²) in [4.78, 5) is 40.4. The number of hydrogen-bond donors (Lipinski definition) is 2. The van der Waals surface area contributed by atoms with Gasteiger partial charge in [0.1, 0.15) is 46.2 Å². The molecule has 10 bridgehead atoms. The second kappa shape index (κ2) is 12.6. The SMILES string of the molecule is C1CCCc2c(c3nc4nc(nc5nc([nH]c6nc(nc2[nH]3)C2CCCCCCC62)C2CCCCCC52)C2CCCCC4C2)CC1. The number of aryl methyl sites for hydroxylation is 2. The van der Waals surface area contributed by atoms with Crippen molar-refractivity contribution >= 4 is 11.3 Å². The zero-order valence-electron chi connectivity index (χ0n) is 27.7. The van der Waals surface area contributed by atoms with Crippen LogP contribution in [0.3, 0.4) is 0 Å². The van der Waals surface area contributed by atoms with Crippen molar-refractivity contribution in [1.29, 1.82) is 0 Å². The molecule has 2 aromatic heterocycles. The van der Waals surface area contributed by atoms with Gasteiger partial charge in [0, 0.05) is 46.6 Å². The Bertz CT molecular complexity index is 1640. The van der Waals surface area contributed by atoms with Crippen LogP contribution in [0, 0.1) is 0 Å². The van der Waals surface area contributed by atoms with Gasteiger partial charge in [-0.3, -0.25) is 0 Å². The number of H-pyrrole nitrogens is 2. The molecule has 3 saturated carbocycles. The summed E-state index contributed by atoms with van der Waals surface area (Å²) < 4.78 is 0. The third kappa shape index (κ3) is 5.45. The molecule has 0 spiro atoms. The fourth-order valence-corrected chi connectivity index (χ4v) is 10.2. The van der Waals surface area contributed by atoms with E-state index in [0.29, 0.717) is 35.5 Å². The van der Waals surface area contributed by atoms with Crippen molar-refractivity contribution < 1.29 is 0 Å². The molecule has 2 N–H and O–H groups in total. The van der Waals surface area contributed by atoms with Crippen molar-refractivity contribution in [1.82, 2.24) is 39.9 Å². The van der Waals surface area contributed by atoms with Crippen LogP contribution >= 0.6 is 0 Å². The average molecular weight is 621 g/mol. The molecule has 8 nitrogen and oxygen atoms in total. The Morgan fingerprint density at radius 1 is 0.370 bits per heavy atom. The number of nitrogens with one attached hydrogen (secondary N) is 2. The highest BCUT2D eigenvalue weighted by Crippen LogP contribution is 2.47. The molecule has 9 rings (SSSR count). The van der Waals surface area contributed by atoms with Gasteiger partial charge in [-0.1, -0.05) is 70.6 Å². The van der Waals surface area contributed by atoms with Crippen LogP contribution in [0.15, 0.2) is 0 Å². The summed E-state index contributed by atoms with van der Waals surface area (Å²) in [5.74, 6) is 8.65. The predicted molar refractivity (Wildman–Crippen MR) is 180 cm³/mol. The molecular weight excluding hydrogens is 568 g/mol. The number of aromatic amines is 2. The lowest BCUT2D eigenvalue weighted by Gasteiger charge is -2.23. The van der Waals surface area contributed by atoms with Gasteiger partial charge in [0.25, 0.3) is 0 Å². The molecule has 6 unspecified atom stereocenters.